The van der Waals surface area contributed by atoms with Crippen molar-refractivity contribution in [3.8, 4) is 0 Å². The number of anilines is 1. The third kappa shape index (κ3) is 1.26. The second kappa shape index (κ2) is 3.15. The lowest BCUT2D eigenvalue weighted by atomic mass is 10.0. The maximum absolute atomic E-state index is 11.5. The van der Waals surface area contributed by atoms with Crippen LogP contribution in [0.4, 0.5) is 5.69 Å². The van der Waals surface area contributed by atoms with Gasteiger partial charge in [-0.05, 0) is 23.3 Å². The number of carbonyl (C=O) groups is 2. The van der Waals surface area contributed by atoms with Gasteiger partial charge in [0.05, 0.1) is 17.7 Å². The molecule has 0 bridgehead atoms. The molecule has 0 spiro atoms. The molecular weight excluding hydrogens is 230 g/mol. The lowest BCUT2D eigenvalue weighted by Crippen LogP contribution is -2.19. The number of benzene rings is 1. The van der Waals surface area contributed by atoms with E-state index in [0.29, 0.717) is 16.1 Å². The fourth-order valence-corrected chi connectivity index (χ4v) is 2.89. The van der Waals surface area contributed by atoms with Gasteiger partial charge in [-0.2, -0.15) is 0 Å². The summed E-state index contributed by atoms with van der Waals surface area (Å²) in [5, 5.41) is 2.69. The normalized spacial score (nSPS) is 22.1. The Hall–Kier alpha value is -1.69. The van der Waals surface area contributed by atoms with Gasteiger partial charge >= 0.3 is 5.97 Å². The minimum atomic E-state index is -1.74. The largest absolute Gasteiger partial charge is 0.360 e. The fourth-order valence-electron chi connectivity index (χ4n) is 2.00. The second-order valence-electron chi connectivity index (χ2n) is 3.66. The summed E-state index contributed by atoms with van der Waals surface area (Å²) in [5.74, 6) is -0.619. The van der Waals surface area contributed by atoms with Gasteiger partial charge in [0, 0.05) is 5.69 Å². The molecule has 6 heteroatoms. The molecule has 0 radical (unpaired) electrons. The van der Waals surface area contributed by atoms with E-state index in [1.54, 1.807) is 12.1 Å². The highest BCUT2D eigenvalue weighted by Gasteiger charge is 2.30. The van der Waals surface area contributed by atoms with Crippen LogP contribution in [0.2, 0.25) is 0 Å². The SMILES string of the molecule is O=C1Cc2c(ccc3c2CC(=O)OS3=O)N1. The van der Waals surface area contributed by atoms with Crippen molar-refractivity contribution in [3.63, 3.8) is 0 Å². The van der Waals surface area contributed by atoms with Crippen molar-refractivity contribution in [1.29, 1.82) is 0 Å². The van der Waals surface area contributed by atoms with E-state index in [1.165, 1.54) is 0 Å². The Morgan fingerprint density at radius 3 is 2.81 bits per heavy atom. The Bertz CT molecular complexity index is 552. The molecule has 1 unspecified atom stereocenters. The zero-order valence-electron chi connectivity index (χ0n) is 8.11. The quantitative estimate of drug-likeness (QED) is 0.704. The monoisotopic (exact) mass is 237 g/mol. The van der Waals surface area contributed by atoms with Crippen LogP contribution in [0.15, 0.2) is 17.0 Å². The van der Waals surface area contributed by atoms with Gasteiger partial charge in [-0.3, -0.25) is 9.59 Å². The van der Waals surface area contributed by atoms with Crippen LogP contribution in [-0.2, 0) is 37.7 Å². The molecule has 16 heavy (non-hydrogen) atoms. The van der Waals surface area contributed by atoms with Crippen LogP contribution in [0.5, 0.6) is 0 Å². The maximum Gasteiger partial charge on any atom is 0.324 e. The standard InChI is InChI=1S/C10H7NO4S/c12-9-3-5-6-4-10(13)15-16(14)8(6)2-1-7(5)11-9/h1-2H,3-4H2,(H,11,12). The minimum Gasteiger partial charge on any atom is -0.360 e. The molecule has 2 heterocycles. The molecule has 0 saturated carbocycles. The van der Waals surface area contributed by atoms with E-state index in [-0.39, 0.29) is 18.7 Å². The van der Waals surface area contributed by atoms with E-state index < -0.39 is 17.0 Å². The van der Waals surface area contributed by atoms with Gasteiger partial charge in [0.2, 0.25) is 17.0 Å². The van der Waals surface area contributed by atoms with Crippen LogP contribution >= 0.6 is 0 Å². The zero-order valence-corrected chi connectivity index (χ0v) is 8.93. The molecule has 1 aromatic rings. The predicted octanol–water partition coefficient (Wildman–Crippen LogP) is 0.303. The highest BCUT2D eigenvalue weighted by molar-refractivity contribution is 7.80. The van der Waals surface area contributed by atoms with Crippen LogP contribution in [0, 0.1) is 0 Å². The maximum atomic E-state index is 11.5. The van der Waals surface area contributed by atoms with Crippen LogP contribution in [0.1, 0.15) is 11.1 Å². The van der Waals surface area contributed by atoms with Crippen molar-refractivity contribution >= 4 is 28.6 Å². The summed E-state index contributed by atoms with van der Waals surface area (Å²) in [5.41, 5.74) is 2.15. The highest BCUT2D eigenvalue weighted by Crippen LogP contribution is 2.33. The fraction of sp³-hybridized carbons (Fsp3) is 0.200. The molecule has 1 atom stereocenters. The topological polar surface area (TPSA) is 72.5 Å². The van der Waals surface area contributed by atoms with Gasteiger partial charge in [0.1, 0.15) is 0 Å². The summed E-state index contributed by atoms with van der Waals surface area (Å²) in [4.78, 5) is 22.9. The molecule has 2 aliphatic rings. The molecule has 0 aromatic heterocycles. The van der Waals surface area contributed by atoms with Crippen LogP contribution in [0.25, 0.3) is 0 Å². The minimum absolute atomic E-state index is 0.0825. The summed E-state index contributed by atoms with van der Waals surface area (Å²) >= 11 is -1.74. The molecule has 1 amide bonds. The molecule has 1 N–H and O–H groups in total. The van der Waals surface area contributed by atoms with Crippen molar-refractivity contribution < 1.29 is 18.0 Å². The Labute approximate surface area is 93.4 Å². The number of hydrogen-bond acceptors (Lipinski definition) is 4. The first kappa shape index (κ1) is 9.53. The summed E-state index contributed by atoms with van der Waals surface area (Å²) in [6.45, 7) is 0. The van der Waals surface area contributed by atoms with Gasteiger partial charge in [-0.15, -0.1) is 0 Å². The van der Waals surface area contributed by atoms with Crippen molar-refractivity contribution in [3.05, 3.63) is 23.3 Å². The zero-order chi connectivity index (χ0) is 11.3. The summed E-state index contributed by atoms with van der Waals surface area (Å²) < 4.78 is 16.2. The first-order valence-electron chi connectivity index (χ1n) is 4.72. The molecule has 0 fully saturated rings. The van der Waals surface area contributed by atoms with E-state index in [0.717, 1.165) is 5.56 Å². The van der Waals surface area contributed by atoms with Crippen molar-refractivity contribution in [2.45, 2.75) is 17.7 Å². The van der Waals surface area contributed by atoms with Crippen molar-refractivity contribution in [2.24, 2.45) is 0 Å². The van der Waals surface area contributed by atoms with Gasteiger partial charge in [-0.1, -0.05) is 0 Å². The van der Waals surface area contributed by atoms with E-state index in [2.05, 4.69) is 9.50 Å². The Balaban J connectivity index is 2.22. The number of hydrogen-bond donors (Lipinski definition) is 1. The molecular formula is C10H7NO4S. The van der Waals surface area contributed by atoms with E-state index >= 15 is 0 Å². The average Bonchev–Trinajstić information content (AvgIpc) is 2.58. The molecule has 82 valence electrons. The molecule has 2 aliphatic heterocycles. The molecule has 3 rings (SSSR count). The van der Waals surface area contributed by atoms with E-state index in [4.69, 9.17) is 0 Å². The van der Waals surface area contributed by atoms with Gasteiger partial charge < -0.3 is 9.50 Å². The number of carbonyl (C=O) groups excluding carboxylic acids is 2. The molecule has 5 nitrogen and oxygen atoms in total. The molecule has 0 saturated heterocycles. The third-order valence-corrected chi connectivity index (χ3v) is 3.75. The van der Waals surface area contributed by atoms with Crippen LogP contribution < -0.4 is 5.32 Å². The first-order chi connectivity index (χ1) is 7.65. The summed E-state index contributed by atoms with van der Waals surface area (Å²) in [7, 11) is 0. The lowest BCUT2D eigenvalue weighted by Gasteiger charge is -2.16. The number of nitrogens with one attached hydrogen (secondary N) is 1. The van der Waals surface area contributed by atoms with Crippen LogP contribution in [0.3, 0.4) is 0 Å². The number of rotatable bonds is 0. The van der Waals surface area contributed by atoms with Gasteiger partial charge in [0.25, 0.3) is 0 Å². The molecule has 0 aliphatic carbocycles. The Morgan fingerprint density at radius 2 is 2.00 bits per heavy atom. The van der Waals surface area contributed by atoms with Crippen LogP contribution in [-0.4, -0.2) is 16.1 Å². The summed E-state index contributed by atoms with van der Waals surface area (Å²) in [6.07, 6.45) is 0.322. The predicted molar refractivity (Wildman–Crippen MR) is 55.0 cm³/mol. The molecule has 1 aromatic carbocycles. The van der Waals surface area contributed by atoms with E-state index in [1.807, 2.05) is 0 Å². The Kier molecular flexibility index (Phi) is 1.88. The van der Waals surface area contributed by atoms with Crippen molar-refractivity contribution in [2.75, 3.05) is 5.32 Å². The lowest BCUT2D eigenvalue weighted by molar-refractivity contribution is -0.133. The first-order valence-corrected chi connectivity index (χ1v) is 5.80. The van der Waals surface area contributed by atoms with E-state index in [9.17, 15) is 13.8 Å². The smallest absolute Gasteiger partial charge is 0.324 e. The van der Waals surface area contributed by atoms with Crippen molar-refractivity contribution in [1.82, 2.24) is 0 Å². The third-order valence-electron chi connectivity index (χ3n) is 2.67. The van der Waals surface area contributed by atoms with Gasteiger partial charge in [-0.25, -0.2) is 4.21 Å². The average molecular weight is 237 g/mol. The number of fused-ring (bicyclic) bond motifs is 3. The van der Waals surface area contributed by atoms with Gasteiger partial charge in [0.15, 0.2) is 0 Å². The number of amides is 1. The Morgan fingerprint density at radius 1 is 1.19 bits per heavy atom. The second-order valence-corrected chi connectivity index (χ2v) is 4.74. The summed E-state index contributed by atoms with van der Waals surface area (Å²) in [6, 6.07) is 3.32. The highest BCUT2D eigenvalue weighted by atomic mass is 32.2.